The molecule has 0 atom stereocenters. The highest BCUT2D eigenvalue weighted by Crippen LogP contribution is 2.34. The van der Waals surface area contributed by atoms with Crippen LogP contribution in [-0.2, 0) is 11.3 Å². The summed E-state index contributed by atoms with van der Waals surface area (Å²) in [6.45, 7) is 5.04. The monoisotopic (exact) mass is 376 g/mol. The SMILES string of the molecule is CCCn1nc(C(=O)Nc2cccc(Cl)c2N2CCOCC2)ccc1=O. The number of carbonyl (C=O) groups excluding carboxylic acids is 1. The first-order valence-corrected chi connectivity index (χ1v) is 8.98. The van der Waals surface area contributed by atoms with E-state index in [4.69, 9.17) is 16.3 Å². The van der Waals surface area contributed by atoms with E-state index in [1.165, 1.54) is 16.8 Å². The number of nitrogens with zero attached hydrogens (tertiary/aromatic N) is 3. The molecule has 1 aromatic heterocycles. The Hall–Kier alpha value is -2.38. The Kier molecular flexibility index (Phi) is 5.90. The lowest BCUT2D eigenvalue weighted by Crippen LogP contribution is -2.37. The maximum atomic E-state index is 12.7. The van der Waals surface area contributed by atoms with Gasteiger partial charge in [-0.15, -0.1) is 0 Å². The van der Waals surface area contributed by atoms with Crippen LogP contribution >= 0.6 is 11.6 Å². The molecule has 0 aliphatic carbocycles. The Balaban J connectivity index is 1.87. The molecule has 0 bridgehead atoms. The second kappa shape index (κ2) is 8.33. The molecule has 7 nitrogen and oxygen atoms in total. The molecule has 1 aliphatic heterocycles. The zero-order valence-electron chi connectivity index (χ0n) is 14.6. The summed E-state index contributed by atoms with van der Waals surface area (Å²) in [6.07, 6.45) is 0.757. The number of halogens is 1. The van der Waals surface area contributed by atoms with Gasteiger partial charge in [0, 0.05) is 25.7 Å². The molecule has 0 radical (unpaired) electrons. The van der Waals surface area contributed by atoms with Gasteiger partial charge in [0.05, 0.1) is 29.6 Å². The minimum atomic E-state index is -0.383. The summed E-state index contributed by atoms with van der Waals surface area (Å²) < 4.78 is 6.69. The van der Waals surface area contributed by atoms with Gasteiger partial charge in [0.1, 0.15) is 5.69 Å². The molecular weight excluding hydrogens is 356 g/mol. The third-order valence-electron chi connectivity index (χ3n) is 4.10. The first-order chi connectivity index (χ1) is 12.6. The van der Waals surface area contributed by atoms with Crippen molar-refractivity contribution in [1.29, 1.82) is 0 Å². The van der Waals surface area contributed by atoms with E-state index in [1.54, 1.807) is 18.2 Å². The van der Waals surface area contributed by atoms with Crippen molar-refractivity contribution < 1.29 is 9.53 Å². The second-order valence-electron chi connectivity index (χ2n) is 5.97. The van der Waals surface area contributed by atoms with E-state index in [-0.39, 0.29) is 17.2 Å². The van der Waals surface area contributed by atoms with Gasteiger partial charge in [-0.3, -0.25) is 9.59 Å². The van der Waals surface area contributed by atoms with Crippen molar-refractivity contribution in [3.8, 4) is 0 Å². The quantitative estimate of drug-likeness (QED) is 0.867. The fourth-order valence-electron chi connectivity index (χ4n) is 2.85. The summed E-state index contributed by atoms with van der Waals surface area (Å²) >= 11 is 6.38. The highest BCUT2D eigenvalue weighted by Gasteiger charge is 2.20. The number of morpholine rings is 1. The number of aryl methyl sites for hydroxylation is 1. The normalized spacial score (nSPS) is 14.3. The molecule has 2 heterocycles. The number of ether oxygens (including phenoxy) is 1. The van der Waals surface area contributed by atoms with E-state index in [0.29, 0.717) is 43.6 Å². The predicted molar refractivity (Wildman–Crippen MR) is 101 cm³/mol. The summed E-state index contributed by atoms with van der Waals surface area (Å²) in [4.78, 5) is 26.5. The van der Waals surface area contributed by atoms with Gasteiger partial charge in [-0.1, -0.05) is 24.6 Å². The van der Waals surface area contributed by atoms with Crippen molar-refractivity contribution in [3.63, 3.8) is 0 Å². The molecule has 3 rings (SSSR count). The number of rotatable bonds is 5. The second-order valence-corrected chi connectivity index (χ2v) is 6.38. The molecule has 1 amide bonds. The van der Waals surface area contributed by atoms with E-state index in [9.17, 15) is 9.59 Å². The highest BCUT2D eigenvalue weighted by atomic mass is 35.5. The lowest BCUT2D eigenvalue weighted by molar-refractivity contribution is 0.101. The number of para-hydroxylation sites is 1. The van der Waals surface area contributed by atoms with E-state index in [1.807, 2.05) is 6.92 Å². The van der Waals surface area contributed by atoms with Crippen LogP contribution in [0.15, 0.2) is 35.1 Å². The minimum Gasteiger partial charge on any atom is -0.378 e. The average Bonchev–Trinajstić information content (AvgIpc) is 2.64. The number of nitrogens with one attached hydrogen (secondary N) is 1. The van der Waals surface area contributed by atoms with E-state index >= 15 is 0 Å². The fourth-order valence-corrected chi connectivity index (χ4v) is 3.15. The summed E-state index contributed by atoms with van der Waals surface area (Å²) in [5, 5.41) is 7.58. The van der Waals surface area contributed by atoms with Crippen molar-refractivity contribution in [2.24, 2.45) is 0 Å². The van der Waals surface area contributed by atoms with Crippen LogP contribution in [0.25, 0.3) is 0 Å². The average molecular weight is 377 g/mol. The van der Waals surface area contributed by atoms with Crippen molar-refractivity contribution in [3.05, 3.63) is 51.4 Å². The smallest absolute Gasteiger partial charge is 0.276 e. The van der Waals surface area contributed by atoms with Gasteiger partial charge in [-0.2, -0.15) is 5.10 Å². The Bertz CT molecular complexity index is 847. The maximum Gasteiger partial charge on any atom is 0.276 e. The molecule has 138 valence electrons. The molecule has 0 spiro atoms. The first-order valence-electron chi connectivity index (χ1n) is 8.61. The number of benzene rings is 1. The largest absolute Gasteiger partial charge is 0.378 e. The Morgan fingerprint density at radius 2 is 2.04 bits per heavy atom. The molecule has 1 fully saturated rings. The molecule has 0 saturated carbocycles. The molecule has 1 N–H and O–H groups in total. The van der Waals surface area contributed by atoms with Crippen LogP contribution in [0, 0.1) is 0 Å². The zero-order valence-corrected chi connectivity index (χ0v) is 15.3. The predicted octanol–water partition coefficient (Wildman–Crippen LogP) is 2.40. The van der Waals surface area contributed by atoms with E-state index in [2.05, 4.69) is 15.3 Å². The van der Waals surface area contributed by atoms with E-state index < -0.39 is 0 Å². The van der Waals surface area contributed by atoms with Crippen molar-refractivity contribution in [1.82, 2.24) is 9.78 Å². The Labute approximate surface area is 156 Å². The van der Waals surface area contributed by atoms with Crippen LogP contribution in [-0.4, -0.2) is 42.0 Å². The summed E-state index contributed by atoms with van der Waals surface area (Å²) in [5.74, 6) is -0.383. The van der Waals surface area contributed by atoms with Crippen LogP contribution in [0.5, 0.6) is 0 Å². The molecule has 8 heteroatoms. The molecule has 2 aromatic rings. The number of anilines is 2. The lowest BCUT2D eigenvalue weighted by atomic mass is 10.2. The maximum absolute atomic E-state index is 12.7. The third kappa shape index (κ3) is 4.05. The third-order valence-corrected chi connectivity index (χ3v) is 4.40. The first kappa shape index (κ1) is 18.4. The van der Waals surface area contributed by atoms with Crippen molar-refractivity contribution in [2.75, 3.05) is 36.5 Å². The topological polar surface area (TPSA) is 76.5 Å². The number of aromatic nitrogens is 2. The van der Waals surface area contributed by atoms with Gasteiger partial charge >= 0.3 is 0 Å². The van der Waals surface area contributed by atoms with Crippen LogP contribution in [0.1, 0.15) is 23.8 Å². The molecule has 0 unspecified atom stereocenters. The molecule has 1 saturated heterocycles. The highest BCUT2D eigenvalue weighted by molar-refractivity contribution is 6.34. The minimum absolute atomic E-state index is 0.186. The van der Waals surface area contributed by atoms with Crippen molar-refractivity contribution in [2.45, 2.75) is 19.9 Å². The number of hydrogen-bond acceptors (Lipinski definition) is 5. The summed E-state index contributed by atoms with van der Waals surface area (Å²) in [7, 11) is 0. The van der Waals surface area contributed by atoms with Crippen LogP contribution < -0.4 is 15.8 Å². The number of hydrogen-bond donors (Lipinski definition) is 1. The van der Waals surface area contributed by atoms with Gasteiger partial charge < -0.3 is 15.0 Å². The molecular formula is C18H21ClN4O3. The van der Waals surface area contributed by atoms with Gasteiger partial charge in [-0.25, -0.2) is 4.68 Å². The molecule has 26 heavy (non-hydrogen) atoms. The van der Waals surface area contributed by atoms with Crippen LogP contribution in [0.3, 0.4) is 0 Å². The zero-order chi connectivity index (χ0) is 18.5. The van der Waals surface area contributed by atoms with Crippen molar-refractivity contribution >= 4 is 28.9 Å². The van der Waals surface area contributed by atoms with Gasteiger partial charge in [0.2, 0.25) is 0 Å². The standard InChI is InChI=1S/C18H21ClN4O3/c1-2-8-23-16(24)7-6-15(21-23)18(25)20-14-5-3-4-13(19)17(14)22-9-11-26-12-10-22/h3-7H,2,8-12H2,1H3,(H,20,25). The molecule has 1 aromatic carbocycles. The van der Waals surface area contributed by atoms with Crippen LogP contribution in [0.4, 0.5) is 11.4 Å². The van der Waals surface area contributed by atoms with Crippen LogP contribution in [0.2, 0.25) is 5.02 Å². The Morgan fingerprint density at radius 1 is 1.27 bits per heavy atom. The molecule has 1 aliphatic rings. The summed E-state index contributed by atoms with van der Waals surface area (Å²) in [6, 6.07) is 8.17. The fraction of sp³-hybridized carbons (Fsp3) is 0.389. The summed E-state index contributed by atoms with van der Waals surface area (Å²) in [5.41, 5.74) is 1.35. The van der Waals surface area contributed by atoms with Gasteiger partial charge in [0.25, 0.3) is 11.5 Å². The van der Waals surface area contributed by atoms with Gasteiger partial charge in [0.15, 0.2) is 0 Å². The number of amides is 1. The lowest BCUT2D eigenvalue weighted by Gasteiger charge is -2.31. The number of carbonyl (C=O) groups is 1. The van der Waals surface area contributed by atoms with Gasteiger partial charge in [-0.05, 0) is 24.6 Å². The Morgan fingerprint density at radius 3 is 2.77 bits per heavy atom. The van der Waals surface area contributed by atoms with E-state index in [0.717, 1.165) is 12.1 Å².